The van der Waals surface area contributed by atoms with E-state index >= 15 is 0 Å². The molecule has 244 valence electrons. The summed E-state index contributed by atoms with van der Waals surface area (Å²) < 4.78 is 11.0. The van der Waals surface area contributed by atoms with E-state index in [0.29, 0.717) is 12.1 Å². The molecular formula is C37H50N2O6. The third-order valence-electron chi connectivity index (χ3n) is 8.29. The Morgan fingerprint density at radius 1 is 0.733 bits per heavy atom. The third kappa shape index (κ3) is 8.41. The van der Waals surface area contributed by atoms with Gasteiger partial charge in [-0.3, -0.25) is 19.2 Å². The van der Waals surface area contributed by atoms with Crippen LogP contribution in [0.3, 0.4) is 0 Å². The molecule has 45 heavy (non-hydrogen) atoms. The topological polar surface area (TPSA) is 93.2 Å². The van der Waals surface area contributed by atoms with E-state index in [-0.39, 0.29) is 42.8 Å². The van der Waals surface area contributed by atoms with E-state index in [9.17, 15) is 19.2 Å². The summed E-state index contributed by atoms with van der Waals surface area (Å²) in [5.74, 6) is -0.873. The van der Waals surface area contributed by atoms with Crippen molar-refractivity contribution in [1.82, 2.24) is 9.80 Å². The molecule has 0 saturated carbocycles. The Balaban J connectivity index is 0.000000246. The van der Waals surface area contributed by atoms with Crippen molar-refractivity contribution in [3.63, 3.8) is 0 Å². The number of hydrogen-bond acceptors (Lipinski definition) is 6. The summed E-state index contributed by atoms with van der Waals surface area (Å²) in [5.41, 5.74) is -0.509. The fourth-order valence-electron chi connectivity index (χ4n) is 5.48. The van der Waals surface area contributed by atoms with E-state index in [1.54, 1.807) is 16.7 Å². The second kappa shape index (κ2) is 13.2. The number of rotatable bonds is 6. The Morgan fingerprint density at radius 3 is 1.60 bits per heavy atom. The SMILES string of the molecule is C=C1C(=O)N([C@H](C)c2ccccc2)C[C@@]1(C)C(=O)OC(C)(C)C.C[C@H](c1ccccc1)N1C[C@@](C)(C(=O)OC(C)(C)C)CC1=O. The van der Waals surface area contributed by atoms with E-state index < -0.39 is 28.0 Å². The summed E-state index contributed by atoms with van der Waals surface area (Å²) in [6, 6.07) is 19.5. The van der Waals surface area contributed by atoms with Gasteiger partial charge >= 0.3 is 11.9 Å². The summed E-state index contributed by atoms with van der Waals surface area (Å²) in [5, 5.41) is 0. The zero-order valence-electron chi connectivity index (χ0n) is 28.6. The lowest BCUT2D eigenvalue weighted by Gasteiger charge is -2.29. The Labute approximate surface area is 268 Å². The Bertz CT molecular complexity index is 1410. The second-order valence-corrected chi connectivity index (χ2v) is 14.7. The van der Waals surface area contributed by atoms with Gasteiger partial charge in [-0.2, -0.15) is 0 Å². The number of nitrogens with zero attached hydrogens (tertiary/aromatic N) is 2. The van der Waals surface area contributed by atoms with Gasteiger partial charge in [-0.05, 0) is 80.4 Å². The van der Waals surface area contributed by atoms with Crippen LogP contribution in [0.15, 0.2) is 72.8 Å². The van der Waals surface area contributed by atoms with Crippen LogP contribution < -0.4 is 0 Å². The highest BCUT2D eigenvalue weighted by Gasteiger charge is 2.52. The molecule has 0 aliphatic carbocycles. The highest BCUT2D eigenvalue weighted by molar-refractivity contribution is 6.04. The predicted molar refractivity (Wildman–Crippen MR) is 175 cm³/mol. The van der Waals surface area contributed by atoms with Gasteiger partial charge in [-0.1, -0.05) is 67.2 Å². The summed E-state index contributed by atoms with van der Waals surface area (Å²) in [4.78, 5) is 53.5. The lowest BCUT2D eigenvalue weighted by atomic mass is 9.85. The maximum absolute atomic E-state index is 12.6. The van der Waals surface area contributed by atoms with Crippen LogP contribution in [0.25, 0.3) is 0 Å². The molecule has 2 fully saturated rings. The van der Waals surface area contributed by atoms with Gasteiger partial charge in [0.25, 0.3) is 5.91 Å². The molecule has 2 aliphatic heterocycles. The molecule has 0 spiro atoms. The number of hydrogen-bond donors (Lipinski definition) is 0. The first kappa shape index (κ1) is 35.5. The zero-order chi connectivity index (χ0) is 34.0. The molecular weight excluding hydrogens is 568 g/mol. The van der Waals surface area contributed by atoms with Crippen molar-refractivity contribution in [2.24, 2.45) is 10.8 Å². The van der Waals surface area contributed by atoms with Crippen molar-refractivity contribution < 1.29 is 28.7 Å². The van der Waals surface area contributed by atoms with Crippen LogP contribution >= 0.6 is 0 Å². The highest BCUT2D eigenvalue weighted by atomic mass is 16.6. The van der Waals surface area contributed by atoms with Gasteiger partial charge in [-0.15, -0.1) is 0 Å². The molecule has 2 heterocycles. The molecule has 0 radical (unpaired) electrons. The van der Waals surface area contributed by atoms with Crippen LogP contribution in [0.5, 0.6) is 0 Å². The maximum atomic E-state index is 12.6. The van der Waals surface area contributed by atoms with Crippen molar-refractivity contribution in [1.29, 1.82) is 0 Å². The lowest BCUT2D eigenvalue weighted by Crippen LogP contribution is -2.39. The number of amides is 2. The van der Waals surface area contributed by atoms with E-state index in [1.807, 2.05) is 123 Å². The van der Waals surface area contributed by atoms with E-state index in [2.05, 4.69) is 6.58 Å². The minimum absolute atomic E-state index is 0.00436. The number of carbonyl (C=O) groups excluding carboxylic acids is 4. The van der Waals surface area contributed by atoms with Crippen LogP contribution in [-0.2, 0) is 28.7 Å². The average Bonchev–Trinajstić information content (AvgIpc) is 3.40. The van der Waals surface area contributed by atoms with Gasteiger partial charge in [0.1, 0.15) is 16.6 Å². The number of ether oxygens (including phenoxy) is 2. The largest absolute Gasteiger partial charge is 0.459 e. The normalized spacial score (nSPS) is 23.3. The first-order chi connectivity index (χ1) is 20.7. The van der Waals surface area contributed by atoms with Crippen LogP contribution in [0.4, 0.5) is 0 Å². The number of benzene rings is 2. The van der Waals surface area contributed by atoms with Gasteiger partial charge in [0, 0.05) is 25.1 Å². The molecule has 0 bridgehead atoms. The molecule has 4 rings (SSSR count). The summed E-state index contributed by atoms with van der Waals surface area (Å²) >= 11 is 0. The molecule has 2 amide bonds. The van der Waals surface area contributed by atoms with Crippen molar-refractivity contribution in [3.8, 4) is 0 Å². The average molecular weight is 619 g/mol. The number of carbonyl (C=O) groups is 4. The number of esters is 2. The quantitative estimate of drug-likeness (QED) is 0.261. The van der Waals surface area contributed by atoms with Crippen LogP contribution in [0.2, 0.25) is 0 Å². The molecule has 8 heteroatoms. The predicted octanol–water partition coefficient (Wildman–Crippen LogP) is 6.82. The van der Waals surface area contributed by atoms with Gasteiger partial charge in [-0.25, -0.2) is 0 Å². The van der Waals surface area contributed by atoms with Gasteiger partial charge in [0.15, 0.2) is 0 Å². The van der Waals surface area contributed by atoms with Crippen molar-refractivity contribution in [2.45, 2.75) is 98.9 Å². The lowest BCUT2D eigenvalue weighted by molar-refractivity contribution is -0.166. The fourth-order valence-corrected chi connectivity index (χ4v) is 5.48. The highest BCUT2D eigenvalue weighted by Crippen LogP contribution is 2.41. The van der Waals surface area contributed by atoms with E-state index in [4.69, 9.17) is 9.47 Å². The molecule has 4 atom stereocenters. The molecule has 0 unspecified atom stereocenters. The minimum atomic E-state index is -1.01. The van der Waals surface area contributed by atoms with Gasteiger partial charge < -0.3 is 19.3 Å². The molecule has 8 nitrogen and oxygen atoms in total. The van der Waals surface area contributed by atoms with E-state index in [0.717, 1.165) is 11.1 Å². The Kier molecular flexibility index (Phi) is 10.4. The molecule has 2 aliphatic rings. The summed E-state index contributed by atoms with van der Waals surface area (Å²) in [7, 11) is 0. The number of likely N-dealkylation sites (tertiary alicyclic amines) is 2. The van der Waals surface area contributed by atoms with Crippen molar-refractivity contribution >= 4 is 23.8 Å². The smallest absolute Gasteiger partial charge is 0.318 e. The second-order valence-electron chi connectivity index (χ2n) is 14.7. The monoisotopic (exact) mass is 618 g/mol. The standard InChI is InChI=1S/C19H25NO3.C18H25NO3/c1-13-16(21)20(14(2)15-10-8-7-9-11-15)12-19(13,6)17(22)23-18(3,4)5;1-13(14-9-7-6-8-10-14)19-12-18(5,11-15(19)20)16(21)22-17(2,3)4/h7-11,14H,1,12H2,2-6H3;6-10,13H,11-12H2,1-5H3/t14-,19-;13-,18+/m11/s1. The molecule has 2 aromatic carbocycles. The fraction of sp³-hybridized carbons (Fsp3) is 0.514. The molecule has 0 aromatic heterocycles. The summed E-state index contributed by atoms with van der Waals surface area (Å²) in [6.07, 6.45) is 0.207. The molecule has 2 saturated heterocycles. The van der Waals surface area contributed by atoms with Crippen LogP contribution in [0, 0.1) is 10.8 Å². The van der Waals surface area contributed by atoms with Crippen LogP contribution in [0.1, 0.15) is 98.9 Å². The summed E-state index contributed by atoms with van der Waals surface area (Å²) in [6.45, 7) is 23.0. The van der Waals surface area contributed by atoms with Gasteiger partial charge in [0.05, 0.1) is 17.5 Å². The van der Waals surface area contributed by atoms with Crippen molar-refractivity contribution in [3.05, 3.63) is 83.9 Å². The Morgan fingerprint density at radius 2 is 1.16 bits per heavy atom. The first-order valence-electron chi connectivity index (χ1n) is 15.6. The van der Waals surface area contributed by atoms with E-state index in [1.165, 1.54) is 0 Å². The Hall–Kier alpha value is -3.94. The van der Waals surface area contributed by atoms with Crippen molar-refractivity contribution in [2.75, 3.05) is 13.1 Å². The molecule has 2 aromatic rings. The molecule has 0 N–H and O–H groups in total. The van der Waals surface area contributed by atoms with Gasteiger partial charge in [0.2, 0.25) is 5.91 Å². The maximum Gasteiger partial charge on any atom is 0.318 e. The minimum Gasteiger partial charge on any atom is -0.459 e. The van der Waals surface area contributed by atoms with Crippen LogP contribution in [-0.4, -0.2) is 57.8 Å². The zero-order valence-corrected chi connectivity index (χ0v) is 28.6. The first-order valence-corrected chi connectivity index (χ1v) is 15.6. The third-order valence-corrected chi connectivity index (χ3v) is 8.29.